The predicted molar refractivity (Wildman–Crippen MR) is 78.5 cm³/mol. The van der Waals surface area contributed by atoms with Gasteiger partial charge in [-0.3, -0.25) is 4.79 Å². The summed E-state index contributed by atoms with van der Waals surface area (Å²) in [6.07, 6.45) is 1.67. The first-order valence-electron chi connectivity index (χ1n) is 7.10. The number of likely N-dealkylation sites (tertiary alicyclic amines) is 1. The van der Waals surface area contributed by atoms with Gasteiger partial charge in [-0.1, -0.05) is 0 Å². The Morgan fingerprint density at radius 1 is 1.33 bits per heavy atom. The Kier molecular flexibility index (Phi) is 4.77. The average molecular weight is 297 g/mol. The molecular weight excluding hydrogens is 276 g/mol. The fourth-order valence-corrected chi connectivity index (χ4v) is 2.63. The molecule has 2 rings (SSSR count). The van der Waals surface area contributed by atoms with E-state index < -0.39 is 17.5 Å². The van der Waals surface area contributed by atoms with Crippen molar-refractivity contribution < 1.29 is 13.6 Å². The van der Waals surface area contributed by atoms with Crippen LogP contribution >= 0.6 is 0 Å². The van der Waals surface area contributed by atoms with E-state index in [1.807, 2.05) is 7.05 Å². The molecule has 2 atom stereocenters. The molecule has 4 nitrogen and oxygen atoms in total. The highest BCUT2D eigenvalue weighted by molar-refractivity contribution is 5.94. The molecule has 0 saturated carbocycles. The van der Waals surface area contributed by atoms with Crippen LogP contribution in [0.5, 0.6) is 0 Å². The number of anilines is 1. The molecular formula is C15H21F2N3O. The van der Waals surface area contributed by atoms with Crippen LogP contribution in [0.4, 0.5) is 14.5 Å². The fourth-order valence-electron chi connectivity index (χ4n) is 2.63. The van der Waals surface area contributed by atoms with Crippen LogP contribution in [0, 0.1) is 11.6 Å². The summed E-state index contributed by atoms with van der Waals surface area (Å²) in [6, 6.07) is 2.54. The lowest BCUT2D eigenvalue weighted by molar-refractivity contribution is 0.0895. The maximum absolute atomic E-state index is 13.7. The van der Waals surface area contributed by atoms with Crippen LogP contribution in [0.15, 0.2) is 12.1 Å². The van der Waals surface area contributed by atoms with Crippen molar-refractivity contribution >= 4 is 11.6 Å². The summed E-state index contributed by atoms with van der Waals surface area (Å²) in [4.78, 5) is 14.4. The van der Waals surface area contributed by atoms with E-state index in [9.17, 15) is 13.6 Å². The van der Waals surface area contributed by atoms with Gasteiger partial charge < -0.3 is 15.5 Å². The van der Waals surface area contributed by atoms with Gasteiger partial charge in [-0.05, 0) is 38.9 Å². The normalized spacial score (nSPS) is 22.9. The summed E-state index contributed by atoms with van der Waals surface area (Å²) >= 11 is 0. The van der Waals surface area contributed by atoms with Crippen LogP contribution in [-0.2, 0) is 0 Å². The van der Waals surface area contributed by atoms with Crippen molar-refractivity contribution in [3.8, 4) is 0 Å². The van der Waals surface area contributed by atoms with E-state index in [0.717, 1.165) is 31.5 Å². The Morgan fingerprint density at radius 2 is 1.95 bits per heavy atom. The van der Waals surface area contributed by atoms with E-state index in [1.54, 1.807) is 0 Å². The van der Waals surface area contributed by atoms with Crippen molar-refractivity contribution in [2.75, 3.05) is 26.0 Å². The zero-order valence-corrected chi connectivity index (χ0v) is 12.5. The number of rotatable bonds is 3. The second-order valence-corrected chi connectivity index (χ2v) is 5.59. The second-order valence-electron chi connectivity index (χ2n) is 5.59. The number of piperidine rings is 1. The van der Waals surface area contributed by atoms with Gasteiger partial charge in [0.1, 0.15) is 17.3 Å². The summed E-state index contributed by atoms with van der Waals surface area (Å²) < 4.78 is 27.3. The van der Waals surface area contributed by atoms with Crippen LogP contribution in [0.2, 0.25) is 0 Å². The predicted octanol–water partition coefficient (Wildman–Crippen LogP) is 2.22. The molecule has 116 valence electrons. The number of hydrogen-bond acceptors (Lipinski definition) is 3. The van der Waals surface area contributed by atoms with E-state index >= 15 is 0 Å². The average Bonchev–Trinajstić information content (AvgIpc) is 2.42. The number of halogens is 2. The lowest BCUT2D eigenvalue weighted by Crippen LogP contribution is -2.47. The molecule has 1 saturated heterocycles. The number of carbonyl (C=O) groups excluding carboxylic acids is 1. The molecule has 6 heteroatoms. The minimum Gasteiger partial charge on any atom is -0.383 e. The van der Waals surface area contributed by atoms with Gasteiger partial charge in [-0.25, -0.2) is 8.78 Å². The third kappa shape index (κ3) is 3.50. The molecule has 0 aromatic heterocycles. The number of benzene rings is 1. The van der Waals surface area contributed by atoms with E-state index in [1.165, 1.54) is 7.05 Å². The van der Waals surface area contributed by atoms with Gasteiger partial charge in [0.25, 0.3) is 5.91 Å². The largest absolute Gasteiger partial charge is 0.383 e. The number of amides is 1. The number of nitrogens with zero attached hydrogens (tertiary/aromatic N) is 1. The Hall–Kier alpha value is -1.69. The molecule has 1 heterocycles. The van der Waals surface area contributed by atoms with Crippen molar-refractivity contribution in [1.82, 2.24) is 10.2 Å². The molecule has 1 aromatic rings. The number of hydrogen-bond donors (Lipinski definition) is 2. The first-order chi connectivity index (χ1) is 9.92. The minimum absolute atomic E-state index is 0.00980. The maximum atomic E-state index is 13.7. The van der Waals surface area contributed by atoms with Gasteiger partial charge in [0.05, 0.1) is 0 Å². The standard InChI is InChI=1S/C15H21F2N3O/c1-9-6-11(4-5-20(9)3)19-15(21)10-7-12(16)14(18-2)13(17)8-10/h7-9,11,18H,4-6H2,1-3H3,(H,19,21). The molecule has 2 unspecified atom stereocenters. The van der Waals surface area contributed by atoms with Gasteiger partial charge >= 0.3 is 0 Å². The van der Waals surface area contributed by atoms with Crippen LogP contribution in [0.25, 0.3) is 0 Å². The van der Waals surface area contributed by atoms with Gasteiger partial charge in [0, 0.05) is 31.2 Å². The quantitative estimate of drug-likeness (QED) is 0.899. The van der Waals surface area contributed by atoms with Gasteiger partial charge in [0.2, 0.25) is 0 Å². The van der Waals surface area contributed by atoms with Crippen molar-refractivity contribution in [2.24, 2.45) is 0 Å². The highest BCUT2D eigenvalue weighted by atomic mass is 19.1. The molecule has 21 heavy (non-hydrogen) atoms. The lowest BCUT2D eigenvalue weighted by Gasteiger charge is -2.35. The van der Waals surface area contributed by atoms with Gasteiger partial charge in [-0.2, -0.15) is 0 Å². The van der Waals surface area contributed by atoms with E-state index in [-0.39, 0.29) is 17.3 Å². The minimum atomic E-state index is -0.764. The Labute approximate surface area is 123 Å². The van der Waals surface area contributed by atoms with Crippen LogP contribution in [0.1, 0.15) is 30.1 Å². The lowest BCUT2D eigenvalue weighted by atomic mass is 9.98. The second kappa shape index (κ2) is 6.39. The van der Waals surface area contributed by atoms with Crippen molar-refractivity contribution in [3.63, 3.8) is 0 Å². The molecule has 0 bridgehead atoms. The molecule has 1 amide bonds. The van der Waals surface area contributed by atoms with Crippen molar-refractivity contribution in [3.05, 3.63) is 29.3 Å². The third-order valence-corrected chi connectivity index (χ3v) is 4.10. The summed E-state index contributed by atoms with van der Waals surface area (Å²) in [5.74, 6) is -1.96. The maximum Gasteiger partial charge on any atom is 0.251 e. The summed E-state index contributed by atoms with van der Waals surface area (Å²) in [5.41, 5.74) is -0.213. The Morgan fingerprint density at radius 3 is 2.48 bits per heavy atom. The topological polar surface area (TPSA) is 44.4 Å². The van der Waals surface area contributed by atoms with Crippen LogP contribution < -0.4 is 10.6 Å². The molecule has 1 aromatic carbocycles. The summed E-state index contributed by atoms with van der Waals surface area (Å²) in [5, 5.41) is 5.29. The highest BCUT2D eigenvalue weighted by Crippen LogP contribution is 2.21. The molecule has 0 radical (unpaired) electrons. The molecule has 1 aliphatic heterocycles. The van der Waals surface area contributed by atoms with E-state index in [4.69, 9.17) is 0 Å². The smallest absolute Gasteiger partial charge is 0.251 e. The van der Waals surface area contributed by atoms with E-state index in [2.05, 4.69) is 22.5 Å². The first-order valence-corrected chi connectivity index (χ1v) is 7.10. The molecule has 1 fully saturated rings. The van der Waals surface area contributed by atoms with Crippen LogP contribution in [-0.4, -0.2) is 43.5 Å². The first kappa shape index (κ1) is 15.7. The van der Waals surface area contributed by atoms with Crippen molar-refractivity contribution in [1.29, 1.82) is 0 Å². The third-order valence-electron chi connectivity index (χ3n) is 4.10. The van der Waals surface area contributed by atoms with E-state index in [0.29, 0.717) is 6.04 Å². The molecule has 2 N–H and O–H groups in total. The Balaban J connectivity index is 2.07. The zero-order valence-electron chi connectivity index (χ0n) is 12.5. The van der Waals surface area contributed by atoms with Gasteiger partial charge in [0.15, 0.2) is 0 Å². The SMILES string of the molecule is CNc1c(F)cc(C(=O)NC2CCN(C)C(C)C2)cc1F. The van der Waals surface area contributed by atoms with Gasteiger partial charge in [-0.15, -0.1) is 0 Å². The molecule has 1 aliphatic rings. The fraction of sp³-hybridized carbons (Fsp3) is 0.533. The zero-order chi connectivity index (χ0) is 15.6. The summed E-state index contributed by atoms with van der Waals surface area (Å²) in [6.45, 7) is 2.99. The van der Waals surface area contributed by atoms with Crippen LogP contribution in [0.3, 0.4) is 0 Å². The highest BCUT2D eigenvalue weighted by Gasteiger charge is 2.24. The number of nitrogens with one attached hydrogen (secondary N) is 2. The van der Waals surface area contributed by atoms with Crippen molar-refractivity contribution in [2.45, 2.75) is 31.8 Å². The Bertz CT molecular complexity index is 513. The number of carbonyl (C=O) groups is 1. The molecule has 0 spiro atoms. The summed E-state index contributed by atoms with van der Waals surface area (Å²) in [7, 11) is 3.48. The monoisotopic (exact) mass is 297 g/mol. The molecule has 0 aliphatic carbocycles.